The second-order valence-corrected chi connectivity index (χ2v) is 6.40. The molecule has 1 amide bonds. The van der Waals surface area contributed by atoms with E-state index in [4.69, 9.17) is 4.74 Å². The second-order valence-electron chi connectivity index (χ2n) is 5.09. The van der Waals surface area contributed by atoms with Gasteiger partial charge in [-0.15, -0.1) is 10.2 Å². The topological polar surface area (TPSA) is 69.0 Å². The Hall–Kier alpha value is -2.07. The van der Waals surface area contributed by atoms with Crippen molar-refractivity contribution in [1.82, 2.24) is 14.8 Å². The van der Waals surface area contributed by atoms with E-state index in [-0.39, 0.29) is 5.69 Å². The molecule has 0 aliphatic rings. The number of rotatable bonds is 7. The van der Waals surface area contributed by atoms with Crippen molar-refractivity contribution < 1.29 is 22.7 Å². The van der Waals surface area contributed by atoms with Crippen LogP contribution in [0, 0.1) is 0 Å². The zero-order valence-corrected chi connectivity index (χ0v) is 14.4. The Morgan fingerprint density at radius 1 is 1.40 bits per heavy atom. The number of halogens is 3. The van der Waals surface area contributed by atoms with Gasteiger partial charge in [0.05, 0.1) is 23.1 Å². The number of benzene rings is 1. The average molecular weight is 374 g/mol. The lowest BCUT2D eigenvalue weighted by Gasteiger charge is -2.16. The first kappa shape index (κ1) is 19.3. The number of nitrogens with one attached hydrogen (secondary N) is 1. The van der Waals surface area contributed by atoms with Gasteiger partial charge in [-0.05, 0) is 19.1 Å². The molecule has 0 radical (unpaired) electrons. The number of para-hydroxylation sites is 1. The molecule has 0 aliphatic heterocycles. The van der Waals surface area contributed by atoms with Gasteiger partial charge in [0, 0.05) is 13.7 Å². The number of anilines is 1. The van der Waals surface area contributed by atoms with E-state index in [1.165, 1.54) is 24.5 Å². The number of ether oxygens (including phenoxy) is 1. The van der Waals surface area contributed by atoms with Gasteiger partial charge in [-0.3, -0.25) is 4.79 Å². The predicted octanol–water partition coefficient (Wildman–Crippen LogP) is 3.06. The lowest BCUT2D eigenvalue weighted by molar-refractivity contribution is -0.137. The average Bonchev–Trinajstić information content (AvgIpc) is 2.99. The number of thioether (sulfide) groups is 1. The van der Waals surface area contributed by atoms with Crippen LogP contribution < -0.4 is 5.32 Å². The normalized spacial score (nSPS) is 12.8. The van der Waals surface area contributed by atoms with E-state index < -0.39 is 22.9 Å². The van der Waals surface area contributed by atoms with E-state index in [2.05, 4.69) is 15.5 Å². The van der Waals surface area contributed by atoms with E-state index in [0.717, 1.165) is 17.8 Å². The second kappa shape index (κ2) is 8.34. The van der Waals surface area contributed by atoms with Crippen molar-refractivity contribution in [2.24, 2.45) is 0 Å². The summed E-state index contributed by atoms with van der Waals surface area (Å²) < 4.78 is 45.6. The number of amides is 1. The molecule has 1 aromatic carbocycles. The Bertz CT molecular complexity index is 721. The van der Waals surface area contributed by atoms with Crippen molar-refractivity contribution in [3.63, 3.8) is 0 Å². The summed E-state index contributed by atoms with van der Waals surface area (Å²) in [4.78, 5) is 12.3. The fraction of sp³-hybridized carbons (Fsp3) is 0.400. The minimum absolute atomic E-state index is 0.270. The monoisotopic (exact) mass is 374 g/mol. The molecule has 1 unspecified atom stereocenters. The van der Waals surface area contributed by atoms with Gasteiger partial charge in [0.1, 0.15) is 6.33 Å². The van der Waals surface area contributed by atoms with Crippen LogP contribution in [0.25, 0.3) is 0 Å². The smallest absolute Gasteiger partial charge is 0.383 e. The summed E-state index contributed by atoms with van der Waals surface area (Å²) in [6, 6.07) is 4.85. The molecule has 1 aromatic heterocycles. The Labute approximate surface area is 146 Å². The molecular weight excluding hydrogens is 357 g/mol. The van der Waals surface area contributed by atoms with Gasteiger partial charge >= 0.3 is 6.18 Å². The molecule has 6 nitrogen and oxygen atoms in total. The molecule has 1 N–H and O–H groups in total. The number of alkyl halides is 3. The number of aromatic nitrogens is 3. The van der Waals surface area contributed by atoms with Gasteiger partial charge in [-0.2, -0.15) is 13.2 Å². The first-order valence-corrected chi connectivity index (χ1v) is 8.21. The molecular formula is C15H17F3N4O2S. The Morgan fingerprint density at radius 2 is 2.12 bits per heavy atom. The highest BCUT2D eigenvalue weighted by Gasteiger charge is 2.34. The number of methoxy groups -OCH3 is 1. The Balaban J connectivity index is 2.06. The molecule has 1 atom stereocenters. The maximum absolute atomic E-state index is 13.0. The lowest BCUT2D eigenvalue weighted by Crippen LogP contribution is -2.24. The molecule has 0 aliphatic carbocycles. The minimum atomic E-state index is -4.54. The van der Waals surface area contributed by atoms with Crippen molar-refractivity contribution in [3.05, 3.63) is 36.2 Å². The van der Waals surface area contributed by atoms with Gasteiger partial charge in [0.25, 0.3) is 0 Å². The predicted molar refractivity (Wildman–Crippen MR) is 87.3 cm³/mol. The van der Waals surface area contributed by atoms with Gasteiger partial charge in [0.15, 0.2) is 5.16 Å². The summed E-state index contributed by atoms with van der Waals surface area (Å²) in [7, 11) is 1.56. The first-order valence-electron chi connectivity index (χ1n) is 7.33. The largest absolute Gasteiger partial charge is 0.418 e. The fourth-order valence-corrected chi connectivity index (χ4v) is 2.81. The first-order chi connectivity index (χ1) is 11.8. The van der Waals surface area contributed by atoms with E-state index in [1.807, 2.05) is 0 Å². The Morgan fingerprint density at radius 3 is 2.80 bits per heavy atom. The van der Waals surface area contributed by atoms with E-state index in [0.29, 0.717) is 18.3 Å². The summed E-state index contributed by atoms with van der Waals surface area (Å²) >= 11 is 1.11. The maximum Gasteiger partial charge on any atom is 0.418 e. The third-order valence-electron chi connectivity index (χ3n) is 3.26. The van der Waals surface area contributed by atoms with E-state index in [9.17, 15) is 18.0 Å². The third-order valence-corrected chi connectivity index (χ3v) is 4.35. The molecule has 0 saturated heterocycles. The van der Waals surface area contributed by atoms with Crippen molar-refractivity contribution in [2.45, 2.75) is 30.1 Å². The molecule has 25 heavy (non-hydrogen) atoms. The fourth-order valence-electron chi connectivity index (χ4n) is 1.96. The van der Waals surface area contributed by atoms with Crippen LogP contribution in [0.2, 0.25) is 0 Å². The summed E-state index contributed by atoms with van der Waals surface area (Å²) in [5.41, 5.74) is -1.16. The van der Waals surface area contributed by atoms with Gasteiger partial charge in [0.2, 0.25) is 5.91 Å². The highest BCUT2D eigenvalue weighted by molar-refractivity contribution is 8.00. The van der Waals surface area contributed by atoms with E-state index in [1.54, 1.807) is 18.6 Å². The standard InChI is InChI=1S/C15H17F3N4O2S/c1-10(25-14-21-19-9-22(14)7-8-24-2)13(23)20-12-6-4-3-5-11(12)15(16,17)18/h3-6,9-10H,7-8H2,1-2H3,(H,20,23). The third kappa shape index (κ3) is 5.20. The zero-order chi connectivity index (χ0) is 18.4. The molecule has 2 rings (SSSR count). The van der Waals surface area contributed by atoms with Crippen LogP contribution >= 0.6 is 11.8 Å². The number of hydrogen-bond acceptors (Lipinski definition) is 5. The van der Waals surface area contributed by atoms with Gasteiger partial charge in [-0.1, -0.05) is 23.9 Å². The van der Waals surface area contributed by atoms with Crippen LogP contribution in [0.1, 0.15) is 12.5 Å². The summed E-state index contributed by atoms with van der Waals surface area (Å²) in [6.07, 6.45) is -3.04. The highest BCUT2D eigenvalue weighted by atomic mass is 32.2. The van der Waals surface area contributed by atoms with Gasteiger partial charge in [-0.25, -0.2) is 0 Å². The lowest BCUT2D eigenvalue weighted by atomic mass is 10.1. The minimum Gasteiger partial charge on any atom is -0.383 e. The van der Waals surface area contributed by atoms with Crippen LogP contribution in [-0.4, -0.2) is 39.6 Å². The molecule has 0 spiro atoms. The van der Waals surface area contributed by atoms with Crippen molar-refractivity contribution in [1.29, 1.82) is 0 Å². The van der Waals surface area contributed by atoms with Crippen molar-refractivity contribution >= 4 is 23.4 Å². The number of carbonyl (C=O) groups is 1. The Kier molecular flexibility index (Phi) is 6.43. The molecule has 0 bridgehead atoms. The number of carbonyl (C=O) groups excluding carboxylic acids is 1. The molecule has 1 heterocycles. The number of hydrogen-bond donors (Lipinski definition) is 1. The molecule has 0 saturated carbocycles. The summed E-state index contributed by atoms with van der Waals surface area (Å²) in [6.45, 7) is 2.55. The van der Waals surface area contributed by atoms with Crippen molar-refractivity contribution in [3.8, 4) is 0 Å². The SMILES string of the molecule is COCCn1cnnc1SC(C)C(=O)Nc1ccccc1C(F)(F)F. The van der Waals surface area contributed by atoms with E-state index >= 15 is 0 Å². The molecule has 136 valence electrons. The molecule has 2 aromatic rings. The molecule has 0 fully saturated rings. The van der Waals surface area contributed by atoms with Crippen LogP contribution in [0.4, 0.5) is 18.9 Å². The molecule has 10 heteroatoms. The number of nitrogens with zero attached hydrogens (tertiary/aromatic N) is 3. The van der Waals surface area contributed by atoms with Crippen LogP contribution in [0.5, 0.6) is 0 Å². The van der Waals surface area contributed by atoms with Crippen LogP contribution in [0.15, 0.2) is 35.7 Å². The maximum atomic E-state index is 13.0. The zero-order valence-electron chi connectivity index (χ0n) is 13.6. The van der Waals surface area contributed by atoms with Crippen LogP contribution in [-0.2, 0) is 22.3 Å². The van der Waals surface area contributed by atoms with Crippen molar-refractivity contribution in [2.75, 3.05) is 19.0 Å². The van der Waals surface area contributed by atoms with Gasteiger partial charge < -0.3 is 14.6 Å². The quantitative estimate of drug-likeness (QED) is 0.755. The van der Waals surface area contributed by atoms with Crippen LogP contribution in [0.3, 0.4) is 0 Å². The highest BCUT2D eigenvalue weighted by Crippen LogP contribution is 2.35. The summed E-state index contributed by atoms with van der Waals surface area (Å²) in [5.74, 6) is -0.553. The summed E-state index contributed by atoms with van der Waals surface area (Å²) in [5, 5.41) is 9.85.